The Labute approximate surface area is 200 Å². The van der Waals surface area contributed by atoms with Crippen LogP contribution in [0.2, 0.25) is 0 Å². The Hall–Kier alpha value is -2.06. The van der Waals surface area contributed by atoms with Crippen molar-refractivity contribution in [3.8, 4) is 0 Å². The van der Waals surface area contributed by atoms with Gasteiger partial charge in [-0.15, -0.1) is 0 Å². The van der Waals surface area contributed by atoms with E-state index in [-0.39, 0.29) is 18.2 Å². The molecule has 0 saturated heterocycles. The van der Waals surface area contributed by atoms with E-state index in [1.54, 1.807) is 11.9 Å². The van der Waals surface area contributed by atoms with E-state index in [1.165, 1.54) is 12.8 Å². The molecule has 0 bridgehead atoms. The number of allylic oxidation sites excluding steroid dienone is 2. The predicted molar refractivity (Wildman–Crippen MR) is 133 cm³/mol. The van der Waals surface area contributed by atoms with Crippen LogP contribution in [0.15, 0.2) is 23.8 Å². The van der Waals surface area contributed by atoms with Gasteiger partial charge in [0.15, 0.2) is 0 Å². The van der Waals surface area contributed by atoms with Gasteiger partial charge in [0, 0.05) is 33.2 Å². The van der Waals surface area contributed by atoms with Crippen molar-refractivity contribution >= 4 is 12.1 Å². The van der Waals surface area contributed by atoms with Crippen LogP contribution in [0.1, 0.15) is 59.8 Å². The molecule has 2 unspecified atom stereocenters. The minimum Gasteiger partial charge on any atom is -0.447 e. The van der Waals surface area contributed by atoms with E-state index in [2.05, 4.69) is 16.0 Å². The zero-order valence-electron chi connectivity index (χ0n) is 21.3. The maximum Gasteiger partial charge on any atom is 0.407 e. The summed E-state index contributed by atoms with van der Waals surface area (Å²) < 4.78 is 10.8. The van der Waals surface area contributed by atoms with Gasteiger partial charge in [-0.3, -0.25) is 5.32 Å². The zero-order valence-corrected chi connectivity index (χ0v) is 21.3. The molecule has 0 spiro atoms. The quantitative estimate of drug-likeness (QED) is 0.204. The molecule has 3 amide bonds. The smallest absolute Gasteiger partial charge is 0.407 e. The summed E-state index contributed by atoms with van der Waals surface area (Å²) in [5, 5.41) is 9.20. The topological polar surface area (TPSA) is 91.9 Å². The fraction of sp³-hybridized carbons (Fsp3) is 0.760. The molecule has 0 heterocycles. The number of nitrogens with zero attached hydrogens (tertiary/aromatic N) is 1. The third-order valence-electron chi connectivity index (χ3n) is 5.73. The number of carbonyl (C=O) groups excluding carboxylic acids is 2. The average Bonchev–Trinajstić information content (AvgIpc) is 2.79. The van der Waals surface area contributed by atoms with E-state index >= 15 is 0 Å². The molecule has 33 heavy (non-hydrogen) atoms. The summed E-state index contributed by atoms with van der Waals surface area (Å²) in [6.45, 7) is 11.6. The molecule has 190 valence electrons. The highest BCUT2D eigenvalue weighted by Gasteiger charge is 2.22. The van der Waals surface area contributed by atoms with Crippen molar-refractivity contribution in [3.05, 3.63) is 23.8 Å². The van der Waals surface area contributed by atoms with Crippen molar-refractivity contribution in [2.75, 3.05) is 46.6 Å². The first-order chi connectivity index (χ1) is 15.8. The summed E-state index contributed by atoms with van der Waals surface area (Å²) in [5.41, 5.74) is 1.09. The van der Waals surface area contributed by atoms with Gasteiger partial charge in [0.05, 0.1) is 19.4 Å². The molecule has 1 saturated carbocycles. The summed E-state index contributed by atoms with van der Waals surface area (Å²) in [4.78, 5) is 25.5. The zero-order chi connectivity index (χ0) is 24.5. The first kappa shape index (κ1) is 29.0. The molecule has 0 aromatic heterocycles. The van der Waals surface area contributed by atoms with Crippen LogP contribution in [0, 0.1) is 11.8 Å². The Morgan fingerprint density at radius 3 is 2.52 bits per heavy atom. The van der Waals surface area contributed by atoms with E-state index in [9.17, 15) is 9.59 Å². The first-order valence-corrected chi connectivity index (χ1v) is 12.3. The van der Waals surface area contributed by atoms with Gasteiger partial charge in [-0.25, -0.2) is 9.59 Å². The number of amides is 3. The molecular formula is C25H46N4O4. The van der Waals surface area contributed by atoms with Crippen LogP contribution in [0.4, 0.5) is 9.59 Å². The number of nitrogens with one attached hydrogen (secondary N) is 3. The Bertz CT molecular complexity index is 622. The second kappa shape index (κ2) is 17.4. The van der Waals surface area contributed by atoms with E-state index < -0.39 is 0 Å². The lowest BCUT2D eigenvalue weighted by molar-refractivity contribution is 0.101. The van der Waals surface area contributed by atoms with Gasteiger partial charge in [-0.05, 0) is 70.8 Å². The van der Waals surface area contributed by atoms with Crippen molar-refractivity contribution in [1.29, 1.82) is 0 Å². The lowest BCUT2D eigenvalue weighted by Crippen LogP contribution is -2.39. The number of hydrogen-bond donors (Lipinski definition) is 3. The second-order valence-electron chi connectivity index (χ2n) is 9.04. The van der Waals surface area contributed by atoms with E-state index in [4.69, 9.17) is 9.47 Å². The maximum absolute atomic E-state index is 12.1. The highest BCUT2D eigenvalue weighted by atomic mass is 16.6. The van der Waals surface area contributed by atoms with Crippen LogP contribution < -0.4 is 16.0 Å². The summed E-state index contributed by atoms with van der Waals surface area (Å²) in [6, 6.07) is -0.0733. The molecular weight excluding hydrogens is 420 g/mol. The molecule has 8 heteroatoms. The minimum absolute atomic E-state index is 0.0733. The highest BCUT2D eigenvalue weighted by Crippen LogP contribution is 2.28. The average molecular weight is 467 g/mol. The third-order valence-corrected chi connectivity index (χ3v) is 5.73. The predicted octanol–water partition coefficient (Wildman–Crippen LogP) is 4.05. The summed E-state index contributed by atoms with van der Waals surface area (Å²) >= 11 is 0. The van der Waals surface area contributed by atoms with Gasteiger partial charge in [0.25, 0.3) is 0 Å². The second-order valence-corrected chi connectivity index (χ2v) is 9.04. The summed E-state index contributed by atoms with van der Waals surface area (Å²) in [7, 11) is 1.80. The molecule has 0 radical (unpaired) electrons. The fourth-order valence-corrected chi connectivity index (χ4v) is 3.95. The van der Waals surface area contributed by atoms with Gasteiger partial charge in [0.1, 0.15) is 0 Å². The molecule has 1 aliphatic rings. The van der Waals surface area contributed by atoms with Crippen molar-refractivity contribution in [2.45, 2.75) is 65.9 Å². The van der Waals surface area contributed by atoms with Gasteiger partial charge in [0.2, 0.25) is 0 Å². The number of rotatable bonds is 14. The Morgan fingerprint density at radius 1 is 1.12 bits per heavy atom. The molecule has 1 fully saturated rings. The Morgan fingerprint density at radius 2 is 1.85 bits per heavy atom. The largest absolute Gasteiger partial charge is 0.447 e. The van der Waals surface area contributed by atoms with Gasteiger partial charge < -0.3 is 25.0 Å². The highest BCUT2D eigenvalue weighted by molar-refractivity contribution is 5.74. The standard InChI is InChI=1S/C25H46N4O4/c1-6-10-21(7-2)17-27-24(30)29(5)13-9-14-32-19-26-16-22-11-8-12-23(15-22)18-28-25(31)33-20(3)4/h6-7,10,20,22-23,26H,8-9,11-19H2,1-5H3,(H,27,30)(H,28,31)/b10-6-,21-7+. The van der Waals surface area contributed by atoms with Gasteiger partial charge >= 0.3 is 12.1 Å². The number of ether oxygens (including phenoxy) is 2. The summed E-state index contributed by atoms with van der Waals surface area (Å²) in [5.74, 6) is 1.12. The van der Waals surface area contributed by atoms with E-state index in [0.717, 1.165) is 31.4 Å². The van der Waals surface area contributed by atoms with Crippen LogP contribution in [-0.4, -0.2) is 69.7 Å². The lowest BCUT2D eigenvalue weighted by Gasteiger charge is -2.29. The monoisotopic (exact) mass is 466 g/mol. The Kier molecular flexibility index (Phi) is 15.3. The molecule has 3 N–H and O–H groups in total. The third kappa shape index (κ3) is 13.9. The van der Waals surface area contributed by atoms with Crippen LogP contribution in [0.3, 0.4) is 0 Å². The fourth-order valence-electron chi connectivity index (χ4n) is 3.95. The maximum atomic E-state index is 12.1. The van der Waals surface area contributed by atoms with Crippen molar-refractivity contribution in [1.82, 2.24) is 20.9 Å². The van der Waals surface area contributed by atoms with E-state index in [0.29, 0.717) is 44.8 Å². The molecule has 0 aliphatic heterocycles. The summed E-state index contributed by atoms with van der Waals surface area (Å²) in [6.07, 6.45) is 11.0. The minimum atomic E-state index is -0.321. The van der Waals surface area contributed by atoms with Crippen molar-refractivity contribution in [2.24, 2.45) is 11.8 Å². The Balaban J connectivity index is 2.08. The van der Waals surface area contributed by atoms with Gasteiger partial charge in [-0.2, -0.15) is 0 Å². The van der Waals surface area contributed by atoms with E-state index in [1.807, 2.05) is 45.9 Å². The number of carbonyl (C=O) groups is 2. The van der Waals surface area contributed by atoms with Gasteiger partial charge in [-0.1, -0.05) is 24.6 Å². The molecule has 1 aliphatic carbocycles. The number of alkyl carbamates (subject to hydrolysis) is 1. The molecule has 1 rings (SSSR count). The molecule has 0 aromatic carbocycles. The first-order valence-electron chi connectivity index (χ1n) is 12.3. The van der Waals surface area contributed by atoms with Crippen LogP contribution in [0.25, 0.3) is 0 Å². The molecule has 2 atom stereocenters. The molecule has 0 aromatic rings. The van der Waals surface area contributed by atoms with Crippen LogP contribution >= 0.6 is 0 Å². The van der Waals surface area contributed by atoms with Crippen LogP contribution in [-0.2, 0) is 9.47 Å². The number of hydrogen-bond acceptors (Lipinski definition) is 5. The van der Waals surface area contributed by atoms with Crippen molar-refractivity contribution in [3.63, 3.8) is 0 Å². The SMILES string of the molecule is C/C=C\C(=C/C)CNC(=O)N(C)CCCOCNCC1CCCC(CNC(=O)OC(C)C)C1. The van der Waals surface area contributed by atoms with Crippen molar-refractivity contribution < 1.29 is 19.1 Å². The molecule has 8 nitrogen and oxygen atoms in total. The number of urea groups is 1. The lowest BCUT2D eigenvalue weighted by atomic mass is 9.81. The normalized spacial score (nSPS) is 19.0. The van der Waals surface area contributed by atoms with Crippen LogP contribution in [0.5, 0.6) is 0 Å².